The summed E-state index contributed by atoms with van der Waals surface area (Å²) >= 11 is 0. The Balaban J connectivity index is 1.48. The molecule has 1 unspecified atom stereocenters. The van der Waals surface area contributed by atoms with Crippen LogP contribution in [0.2, 0.25) is 0 Å². The zero-order valence-corrected chi connectivity index (χ0v) is 16.2. The quantitative estimate of drug-likeness (QED) is 0.613. The van der Waals surface area contributed by atoms with E-state index in [1.165, 1.54) is 0 Å². The number of carbonyl (C=O) groups is 1. The number of ether oxygens (including phenoxy) is 1. The van der Waals surface area contributed by atoms with Gasteiger partial charge in [0.2, 0.25) is 0 Å². The predicted molar refractivity (Wildman–Crippen MR) is 111 cm³/mol. The van der Waals surface area contributed by atoms with Crippen LogP contribution in [-0.2, 0) is 0 Å². The van der Waals surface area contributed by atoms with Crippen molar-refractivity contribution in [2.45, 2.75) is 26.0 Å². The normalized spacial score (nSPS) is 14.9. The number of aromatic nitrogens is 1. The monoisotopic (exact) mass is 375 g/mol. The van der Waals surface area contributed by atoms with E-state index >= 15 is 0 Å². The second kappa shape index (κ2) is 7.90. The number of amides is 1. The standard InChI is InChI=1S/C23H25N3O2/c1-15-6-7-20(28-21-13-25-14-21)11-22(15)23(27)26-16(2)17-4-3-5-18(10-17)19-8-9-24-12-19/h3-12,16,21,24-25H,13-14H2,1-2H3,(H,26,27). The molecule has 3 aromatic rings. The van der Waals surface area contributed by atoms with E-state index in [1.807, 2.05) is 62.6 Å². The molecule has 144 valence electrons. The third-order valence-corrected chi connectivity index (χ3v) is 5.17. The first-order valence-electron chi connectivity index (χ1n) is 9.62. The van der Waals surface area contributed by atoms with Gasteiger partial charge in [-0.2, -0.15) is 0 Å². The van der Waals surface area contributed by atoms with Crippen molar-refractivity contribution in [1.29, 1.82) is 0 Å². The molecule has 1 aliphatic heterocycles. The topological polar surface area (TPSA) is 66.2 Å². The second-order valence-corrected chi connectivity index (χ2v) is 7.30. The van der Waals surface area contributed by atoms with Gasteiger partial charge in [-0.3, -0.25) is 4.79 Å². The molecule has 1 aliphatic rings. The molecule has 0 radical (unpaired) electrons. The smallest absolute Gasteiger partial charge is 0.252 e. The highest BCUT2D eigenvalue weighted by molar-refractivity contribution is 5.96. The van der Waals surface area contributed by atoms with Gasteiger partial charge in [0.1, 0.15) is 11.9 Å². The minimum absolute atomic E-state index is 0.0887. The SMILES string of the molecule is Cc1ccc(OC2CNC2)cc1C(=O)NC(C)c1cccc(-c2cc[nH]c2)c1. The first kappa shape index (κ1) is 18.3. The fourth-order valence-corrected chi connectivity index (χ4v) is 3.31. The van der Waals surface area contributed by atoms with Gasteiger partial charge in [-0.1, -0.05) is 24.3 Å². The number of carbonyl (C=O) groups excluding carboxylic acids is 1. The molecule has 5 heteroatoms. The van der Waals surface area contributed by atoms with E-state index in [-0.39, 0.29) is 18.1 Å². The lowest BCUT2D eigenvalue weighted by atomic mass is 10.0. The summed E-state index contributed by atoms with van der Waals surface area (Å²) in [5.74, 6) is 0.651. The summed E-state index contributed by atoms with van der Waals surface area (Å²) in [6, 6.07) is 15.9. The van der Waals surface area contributed by atoms with E-state index in [1.54, 1.807) is 0 Å². The van der Waals surface area contributed by atoms with Crippen LogP contribution in [0, 0.1) is 6.92 Å². The second-order valence-electron chi connectivity index (χ2n) is 7.30. The van der Waals surface area contributed by atoms with Crippen molar-refractivity contribution in [3.05, 3.63) is 77.6 Å². The molecule has 3 N–H and O–H groups in total. The summed E-state index contributed by atoms with van der Waals surface area (Å²) < 4.78 is 5.90. The third-order valence-electron chi connectivity index (χ3n) is 5.17. The molecule has 1 atom stereocenters. The van der Waals surface area contributed by atoms with Crippen molar-refractivity contribution < 1.29 is 9.53 Å². The van der Waals surface area contributed by atoms with Crippen molar-refractivity contribution in [1.82, 2.24) is 15.6 Å². The van der Waals surface area contributed by atoms with E-state index in [4.69, 9.17) is 4.74 Å². The Hall–Kier alpha value is -3.05. The van der Waals surface area contributed by atoms with Gasteiger partial charge >= 0.3 is 0 Å². The van der Waals surface area contributed by atoms with Gasteiger partial charge in [0.25, 0.3) is 5.91 Å². The highest BCUT2D eigenvalue weighted by Crippen LogP contribution is 2.24. The van der Waals surface area contributed by atoms with Crippen LogP contribution >= 0.6 is 0 Å². The molecule has 1 amide bonds. The molecule has 1 fully saturated rings. The minimum Gasteiger partial charge on any atom is -0.488 e. The predicted octanol–water partition coefficient (Wildman–Crippen LogP) is 3.83. The van der Waals surface area contributed by atoms with E-state index in [0.717, 1.165) is 41.1 Å². The molecule has 4 rings (SSSR count). The van der Waals surface area contributed by atoms with Crippen LogP contribution in [0.5, 0.6) is 5.75 Å². The summed E-state index contributed by atoms with van der Waals surface area (Å²) in [5.41, 5.74) is 4.91. The van der Waals surface area contributed by atoms with Gasteiger partial charge in [-0.05, 0) is 60.4 Å². The summed E-state index contributed by atoms with van der Waals surface area (Å²) in [6.07, 6.45) is 4.06. The summed E-state index contributed by atoms with van der Waals surface area (Å²) in [4.78, 5) is 16.0. The first-order chi connectivity index (χ1) is 13.6. The molecule has 5 nitrogen and oxygen atoms in total. The van der Waals surface area contributed by atoms with E-state index in [0.29, 0.717) is 5.56 Å². The van der Waals surface area contributed by atoms with Gasteiger partial charge in [0, 0.05) is 31.0 Å². The first-order valence-corrected chi connectivity index (χ1v) is 9.62. The molecule has 0 bridgehead atoms. The molecule has 1 saturated heterocycles. The van der Waals surface area contributed by atoms with Gasteiger partial charge in [-0.25, -0.2) is 0 Å². The Kier molecular flexibility index (Phi) is 5.17. The van der Waals surface area contributed by atoms with Crippen LogP contribution in [0.1, 0.15) is 34.5 Å². The van der Waals surface area contributed by atoms with Crippen molar-refractivity contribution in [2.75, 3.05) is 13.1 Å². The van der Waals surface area contributed by atoms with Crippen LogP contribution < -0.4 is 15.4 Å². The van der Waals surface area contributed by atoms with Crippen LogP contribution in [0.25, 0.3) is 11.1 Å². The molecular weight excluding hydrogens is 350 g/mol. The number of hydrogen-bond donors (Lipinski definition) is 3. The molecule has 0 aliphatic carbocycles. The van der Waals surface area contributed by atoms with Gasteiger partial charge in [0.15, 0.2) is 0 Å². The highest BCUT2D eigenvalue weighted by Gasteiger charge is 2.20. The number of H-pyrrole nitrogens is 1. The molecule has 0 spiro atoms. The van der Waals surface area contributed by atoms with Crippen LogP contribution in [-0.4, -0.2) is 30.1 Å². The largest absolute Gasteiger partial charge is 0.488 e. The van der Waals surface area contributed by atoms with Crippen LogP contribution in [0.3, 0.4) is 0 Å². The molecule has 1 aromatic heterocycles. The maximum Gasteiger partial charge on any atom is 0.252 e. The summed E-state index contributed by atoms with van der Waals surface area (Å²) in [7, 11) is 0. The van der Waals surface area contributed by atoms with Crippen LogP contribution in [0.4, 0.5) is 0 Å². The maximum atomic E-state index is 12.9. The zero-order valence-electron chi connectivity index (χ0n) is 16.2. The summed E-state index contributed by atoms with van der Waals surface area (Å²) in [6.45, 7) is 5.65. The van der Waals surface area contributed by atoms with E-state index < -0.39 is 0 Å². The number of hydrogen-bond acceptors (Lipinski definition) is 3. The van der Waals surface area contributed by atoms with E-state index in [2.05, 4.69) is 27.8 Å². The molecule has 28 heavy (non-hydrogen) atoms. The zero-order chi connectivity index (χ0) is 19.5. The minimum atomic E-state index is -0.105. The van der Waals surface area contributed by atoms with Crippen molar-refractivity contribution >= 4 is 5.91 Å². The lowest BCUT2D eigenvalue weighted by Crippen LogP contribution is -2.50. The lowest BCUT2D eigenvalue weighted by Gasteiger charge is -2.28. The number of nitrogens with one attached hydrogen (secondary N) is 3. The third kappa shape index (κ3) is 3.94. The molecular formula is C23H25N3O2. The van der Waals surface area contributed by atoms with Crippen LogP contribution in [0.15, 0.2) is 60.9 Å². The number of benzene rings is 2. The van der Waals surface area contributed by atoms with Crippen molar-refractivity contribution in [3.8, 4) is 16.9 Å². The Bertz CT molecular complexity index is 962. The molecule has 0 saturated carbocycles. The van der Waals surface area contributed by atoms with Crippen molar-refractivity contribution in [2.24, 2.45) is 0 Å². The lowest BCUT2D eigenvalue weighted by molar-refractivity contribution is 0.0937. The Morgan fingerprint density at radius 1 is 1.14 bits per heavy atom. The van der Waals surface area contributed by atoms with Gasteiger partial charge < -0.3 is 20.4 Å². The highest BCUT2D eigenvalue weighted by atomic mass is 16.5. The average Bonchev–Trinajstić information content (AvgIpc) is 3.20. The summed E-state index contributed by atoms with van der Waals surface area (Å²) in [5, 5.41) is 6.30. The maximum absolute atomic E-state index is 12.9. The van der Waals surface area contributed by atoms with Crippen molar-refractivity contribution in [3.63, 3.8) is 0 Å². The van der Waals surface area contributed by atoms with Gasteiger partial charge in [0.05, 0.1) is 6.04 Å². The van der Waals surface area contributed by atoms with E-state index in [9.17, 15) is 4.79 Å². The number of aryl methyl sites for hydroxylation is 1. The molecule has 2 heterocycles. The average molecular weight is 375 g/mol. The fourth-order valence-electron chi connectivity index (χ4n) is 3.31. The Morgan fingerprint density at radius 3 is 2.71 bits per heavy atom. The Labute approximate surface area is 165 Å². The number of rotatable bonds is 6. The number of aromatic amines is 1. The molecule has 2 aromatic carbocycles. The fraction of sp³-hybridized carbons (Fsp3) is 0.261. The van der Waals surface area contributed by atoms with Gasteiger partial charge in [-0.15, -0.1) is 0 Å². The Morgan fingerprint density at radius 2 is 2.00 bits per heavy atom.